The summed E-state index contributed by atoms with van der Waals surface area (Å²) in [6.45, 7) is 2.58. The third kappa shape index (κ3) is 2.20. The molecular formula is C15H14N2O. The molecule has 0 radical (unpaired) electrons. The number of aryl methyl sites for hydroxylation is 1. The average molecular weight is 238 g/mol. The highest BCUT2D eigenvalue weighted by atomic mass is 16.5. The number of hydrogen-bond acceptors (Lipinski definition) is 2. The maximum Gasteiger partial charge on any atom is 0.120 e. The number of aromatic amines is 1. The van der Waals surface area contributed by atoms with Crippen LogP contribution >= 0.6 is 0 Å². The second-order valence-electron chi connectivity index (χ2n) is 4.39. The van der Waals surface area contributed by atoms with Crippen molar-refractivity contribution in [1.82, 2.24) is 9.97 Å². The van der Waals surface area contributed by atoms with E-state index in [9.17, 15) is 0 Å². The van der Waals surface area contributed by atoms with Gasteiger partial charge in [-0.05, 0) is 42.8 Å². The number of nitrogens with zero attached hydrogens (tertiary/aromatic N) is 1. The molecule has 0 aliphatic carbocycles. The van der Waals surface area contributed by atoms with Crippen LogP contribution in [-0.4, -0.2) is 9.97 Å². The average Bonchev–Trinajstić information content (AvgIpc) is 2.84. The second-order valence-corrected chi connectivity index (χ2v) is 4.39. The number of aromatic nitrogens is 2. The van der Waals surface area contributed by atoms with E-state index in [4.69, 9.17) is 4.74 Å². The number of nitrogens with one attached hydrogen (secondary N) is 1. The molecule has 0 fully saturated rings. The van der Waals surface area contributed by atoms with Gasteiger partial charge < -0.3 is 9.72 Å². The molecule has 0 aliphatic rings. The van der Waals surface area contributed by atoms with Gasteiger partial charge >= 0.3 is 0 Å². The lowest BCUT2D eigenvalue weighted by Gasteiger charge is -2.06. The Balaban J connectivity index is 1.76. The zero-order valence-electron chi connectivity index (χ0n) is 10.2. The van der Waals surface area contributed by atoms with Gasteiger partial charge in [-0.25, -0.2) is 0 Å². The first kappa shape index (κ1) is 10.8. The van der Waals surface area contributed by atoms with Crippen molar-refractivity contribution in [1.29, 1.82) is 0 Å². The molecule has 3 aromatic rings. The fraction of sp³-hybridized carbons (Fsp3) is 0.133. The summed E-state index contributed by atoms with van der Waals surface area (Å²) in [7, 11) is 0. The van der Waals surface area contributed by atoms with E-state index in [-0.39, 0.29) is 0 Å². The molecule has 3 rings (SSSR count). The van der Waals surface area contributed by atoms with Gasteiger partial charge in [0.25, 0.3) is 0 Å². The molecule has 0 saturated heterocycles. The molecule has 1 aromatic carbocycles. The number of pyridine rings is 1. The highest BCUT2D eigenvalue weighted by molar-refractivity contribution is 5.80. The van der Waals surface area contributed by atoms with Crippen molar-refractivity contribution in [3.05, 3.63) is 60.0 Å². The molecule has 0 aliphatic heterocycles. The predicted molar refractivity (Wildman–Crippen MR) is 71.6 cm³/mol. The van der Waals surface area contributed by atoms with Crippen LogP contribution in [0.15, 0.2) is 48.9 Å². The summed E-state index contributed by atoms with van der Waals surface area (Å²) in [6, 6.07) is 10.2. The summed E-state index contributed by atoms with van der Waals surface area (Å²) in [5.74, 6) is 0.878. The van der Waals surface area contributed by atoms with Crippen molar-refractivity contribution in [2.24, 2.45) is 0 Å². The highest BCUT2D eigenvalue weighted by Crippen LogP contribution is 2.20. The fourth-order valence-electron chi connectivity index (χ4n) is 1.98. The van der Waals surface area contributed by atoms with Gasteiger partial charge in [-0.15, -0.1) is 0 Å². The summed E-state index contributed by atoms with van der Waals surface area (Å²) in [6.07, 6.45) is 5.61. The quantitative estimate of drug-likeness (QED) is 0.759. The maximum atomic E-state index is 5.77. The van der Waals surface area contributed by atoms with Crippen LogP contribution in [0.1, 0.15) is 11.1 Å². The molecule has 0 bridgehead atoms. The first-order valence-electron chi connectivity index (χ1n) is 5.92. The molecule has 0 spiro atoms. The predicted octanol–water partition coefficient (Wildman–Crippen LogP) is 3.45. The molecule has 18 heavy (non-hydrogen) atoms. The lowest BCUT2D eigenvalue weighted by molar-refractivity contribution is 0.306. The zero-order chi connectivity index (χ0) is 12.4. The first-order valence-corrected chi connectivity index (χ1v) is 5.92. The van der Waals surface area contributed by atoms with E-state index in [1.54, 1.807) is 0 Å². The number of H-pyrrole nitrogens is 1. The molecule has 0 atom stereocenters. The molecule has 2 heterocycles. The first-order chi connectivity index (χ1) is 8.81. The van der Waals surface area contributed by atoms with Crippen LogP contribution in [0.25, 0.3) is 10.9 Å². The van der Waals surface area contributed by atoms with Crippen LogP contribution < -0.4 is 4.74 Å². The van der Waals surface area contributed by atoms with Gasteiger partial charge in [-0.2, -0.15) is 0 Å². The minimum Gasteiger partial charge on any atom is -0.489 e. The van der Waals surface area contributed by atoms with E-state index in [1.165, 1.54) is 0 Å². The number of fused-ring (bicyclic) bond motifs is 1. The third-order valence-electron chi connectivity index (χ3n) is 2.86. The Morgan fingerprint density at radius 1 is 1.17 bits per heavy atom. The minimum absolute atomic E-state index is 0.546. The molecule has 90 valence electrons. The van der Waals surface area contributed by atoms with Crippen molar-refractivity contribution in [3.63, 3.8) is 0 Å². The molecule has 0 saturated carbocycles. The summed E-state index contributed by atoms with van der Waals surface area (Å²) >= 11 is 0. The van der Waals surface area contributed by atoms with Crippen LogP contribution in [-0.2, 0) is 6.61 Å². The Labute approximate surface area is 105 Å². The maximum absolute atomic E-state index is 5.77. The van der Waals surface area contributed by atoms with E-state index in [1.807, 2.05) is 49.8 Å². The van der Waals surface area contributed by atoms with Crippen molar-refractivity contribution in [3.8, 4) is 5.75 Å². The Morgan fingerprint density at radius 2 is 2.11 bits per heavy atom. The van der Waals surface area contributed by atoms with Crippen LogP contribution in [0.5, 0.6) is 5.75 Å². The number of ether oxygens (including phenoxy) is 1. The lowest BCUT2D eigenvalue weighted by Crippen LogP contribution is -1.96. The van der Waals surface area contributed by atoms with Gasteiger partial charge in [0.05, 0.1) is 0 Å². The van der Waals surface area contributed by atoms with Crippen molar-refractivity contribution >= 4 is 10.9 Å². The van der Waals surface area contributed by atoms with Crippen LogP contribution in [0.3, 0.4) is 0 Å². The lowest BCUT2D eigenvalue weighted by atomic mass is 10.2. The van der Waals surface area contributed by atoms with Gasteiger partial charge in [-0.3, -0.25) is 4.98 Å². The van der Waals surface area contributed by atoms with E-state index >= 15 is 0 Å². The highest BCUT2D eigenvalue weighted by Gasteiger charge is 1.99. The van der Waals surface area contributed by atoms with E-state index in [0.717, 1.165) is 27.8 Å². The molecule has 2 aromatic heterocycles. The molecular weight excluding hydrogens is 224 g/mol. The monoisotopic (exact) mass is 238 g/mol. The van der Waals surface area contributed by atoms with Gasteiger partial charge in [0, 0.05) is 35.1 Å². The van der Waals surface area contributed by atoms with E-state index in [2.05, 4.69) is 16.0 Å². The number of rotatable bonds is 3. The second kappa shape index (κ2) is 4.53. The molecule has 1 N–H and O–H groups in total. The Kier molecular flexibility index (Phi) is 2.73. The van der Waals surface area contributed by atoms with Crippen molar-refractivity contribution < 1.29 is 4.74 Å². The number of hydrogen-bond donors (Lipinski definition) is 1. The zero-order valence-corrected chi connectivity index (χ0v) is 10.2. The minimum atomic E-state index is 0.546. The summed E-state index contributed by atoms with van der Waals surface area (Å²) in [5.41, 5.74) is 3.36. The topological polar surface area (TPSA) is 37.9 Å². The molecule has 3 heteroatoms. The Morgan fingerprint density at radius 3 is 3.00 bits per heavy atom. The SMILES string of the molecule is Cc1cncc(COc2ccc3[nH]ccc3c2)c1. The van der Waals surface area contributed by atoms with Gasteiger partial charge in [0.15, 0.2) is 0 Å². The summed E-state index contributed by atoms with van der Waals surface area (Å²) in [4.78, 5) is 7.32. The van der Waals surface area contributed by atoms with Crippen molar-refractivity contribution in [2.45, 2.75) is 13.5 Å². The molecule has 0 unspecified atom stereocenters. The van der Waals surface area contributed by atoms with Gasteiger partial charge in [-0.1, -0.05) is 0 Å². The summed E-state index contributed by atoms with van der Waals surface area (Å²) < 4.78 is 5.77. The van der Waals surface area contributed by atoms with E-state index in [0.29, 0.717) is 6.61 Å². The van der Waals surface area contributed by atoms with Gasteiger partial charge in [0.1, 0.15) is 12.4 Å². The Bertz CT molecular complexity index is 673. The fourth-order valence-corrected chi connectivity index (χ4v) is 1.98. The molecule has 0 amide bonds. The van der Waals surface area contributed by atoms with Gasteiger partial charge in [0.2, 0.25) is 0 Å². The van der Waals surface area contributed by atoms with E-state index < -0.39 is 0 Å². The van der Waals surface area contributed by atoms with Crippen molar-refractivity contribution in [2.75, 3.05) is 0 Å². The standard InChI is InChI=1S/C15H14N2O/c1-11-6-12(9-16-8-11)10-18-14-2-3-15-13(7-14)4-5-17-15/h2-9,17H,10H2,1H3. The molecule has 3 nitrogen and oxygen atoms in total. The normalized spacial score (nSPS) is 10.7. The smallest absolute Gasteiger partial charge is 0.120 e. The summed E-state index contributed by atoms with van der Waals surface area (Å²) in [5, 5.41) is 1.16. The van der Waals surface area contributed by atoms with Crippen LogP contribution in [0.4, 0.5) is 0 Å². The number of benzene rings is 1. The van der Waals surface area contributed by atoms with Crippen LogP contribution in [0, 0.1) is 6.92 Å². The largest absolute Gasteiger partial charge is 0.489 e. The van der Waals surface area contributed by atoms with Crippen LogP contribution in [0.2, 0.25) is 0 Å². The third-order valence-corrected chi connectivity index (χ3v) is 2.86. The Hall–Kier alpha value is -2.29.